The van der Waals surface area contributed by atoms with Crippen molar-refractivity contribution in [3.8, 4) is 11.5 Å². The molecular formula is C24H33NO3. The van der Waals surface area contributed by atoms with Crippen LogP contribution in [0.25, 0.3) is 0 Å². The molecule has 1 amide bonds. The van der Waals surface area contributed by atoms with Crippen LogP contribution in [0.15, 0.2) is 48.5 Å². The molecule has 0 aromatic heterocycles. The smallest absolute Gasteiger partial charge is 0.262 e. The van der Waals surface area contributed by atoms with Gasteiger partial charge in [0.1, 0.15) is 11.5 Å². The third kappa shape index (κ3) is 6.91. The fourth-order valence-electron chi connectivity index (χ4n) is 2.60. The molecule has 0 aliphatic carbocycles. The van der Waals surface area contributed by atoms with E-state index in [2.05, 4.69) is 52.1 Å². The van der Waals surface area contributed by atoms with Gasteiger partial charge in [-0.25, -0.2) is 0 Å². The average Bonchev–Trinajstić information content (AvgIpc) is 2.68. The van der Waals surface area contributed by atoms with Crippen LogP contribution in [-0.2, 0) is 10.2 Å². The minimum atomic E-state index is -0.188. The van der Waals surface area contributed by atoms with Gasteiger partial charge in [-0.3, -0.25) is 4.79 Å². The molecule has 28 heavy (non-hydrogen) atoms. The number of rotatable bonds is 10. The van der Waals surface area contributed by atoms with Gasteiger partial charge in [-0.15, -0.1) is 0 Å². The van der Waals surface area contributed by atoms with E-state index in [1.54, 1.807) is 0 Å². The first-order valence-electron chi connectivity index (χ1n) is 10.1. The minimum Gasteiger partial charge on any atom is -0.494 e. The average molecular weight is 384 g/mol. The first-order chi connectivity index (χ1) is 13.3. The Hall–Kier alpha value is -2.49. The number of hydrogen-bond donors (Lipinski definition) is 1. The fraction of sp³-hybridized carbons (Fsp3) is 0.458. The molecule has 0 atom stereocenters. The van der Waals surface area contributed by atoms with Crippen molar-refractivity contribution in [2.45, 2.75) is 52.9 Å². The van der Waals surface area contributed by atoms with Gasteiger partial charge < -0.3 is 14.8 Å². The van der Waals surface area contributed by atoms with Crippen molar-refractivity contribution in [2.24, 2.45) is 5.92 Å². The number of carbonyl (C=O) groups excluding carboxylic acids is 1. The standard InChI is InChI=1S/C24H33NO3/c1-6-24(4,5)19-7-11-22(12-8-19)28-17-23(26)25-20-9-13-21(14-10-20)27-16-15-18(2)3/h7-14,18H,6,15-17H2,1-5H3,(H,25,26). The monoisotopic (exact) mass is 383 g/mol. The molecule has 0 spiro atoms. The zero-order chi connectivity index (χ0) is 20.6. The lowest BCUT2D eigenvalue weighted by Gasteiger charge is -2.23. The van der Waals surface area contributed by atoms with Gasteiger partial charge in [0.15, 0.2) is 6.61 Å². The molecule has 0 aliphatic rings. The first kappa shape index (κ1) is 21.8. The highest BCUT2D eigenvalue weighted by molar-refractivity contribution is 5.91. The van der Waals surface area contributed by atoms with Gasteiger partial charge in [0, 0.05) is 5.69 Å². The van der Waals surface area contributed by atoms with E-state index in [9.17, 15) is 4.79 Å². The lowest BCUT2D eigenvalue weighted by atomic mass is 9.82. The van der Waals surface area contributed by atoms with E-state index < -0.39 is 0 Å². The van der Waals surface area contributed by atoms with Crippen molar-refractivity contribution in [3.05, 3.63) is 54.1 Å². The summed E-state index contributed by atoms with van der Waals surface area (Å²) >= 11 is 0. The van der Waals surface area contributed by atoms with E-state index in [0.717, 1.165) is 24.3 Å². The molecule has 4 nitrogen and oxygen atoms in total. The van der Waals surface area contributed by atoms with Crippen LogP contribution in [0.3, 0.4) is 0 Å². The molecule has 1 N–H and O–H groups in total. The van der Waals surface area contributed by atoms with Crippen LogP contribution in [0, 0.1) is 5.92 Å². The summed E-state index contributed by atoms with van der Waals surface area (Å²) < 4.78 is 11.3. The van der Waals surface area contributed by atoms with Gasteiger partial charge in [-0.2, -0.15) is 0 Å². The van der Waals surface area contributed by atoms with Crippen molar-refractivity contribution < 1.29 is 14.3 Å². The van der Waals surface area contributed by atoms with E-state index in [1.807, 2.05) is 36.4 Å². The van der Waals surface area contributed by atoms with Gasteiger partial charge in [0.2, 0.25) is 0 Å². The van der Waals surface area contributed by atoms with Crippen LogP contribution < -0.4 is 14.8 Å². The predicted molar refractivity (Wildman–Crippen MR) is 115 cm³/mol. The molecule has 0 aliphatic heterocycles. The third-order valence-corrected chi connectivity index (χ3v) is 4.99. The number of carbonyl (C=O) groups is 1. The molecule has 0 fully saturated rings. The molecule has 0 saturated carbocycles. The van der Waals surface area contributed by atoms with Crippen LogP contribution in [-0.4, -0.2) is 19.1 Å². The molecule has 4 heteroatoms. The molecule has 2 aromatic carbocycles. The summed E-state index contributed by atoms with van der Waals surface area (Å²) in [4.78, 5) is 12.1. The second-order valence-electron chi connectivity index (χ2n) is 8.15. The highest BCUT2D eigenvalue weighted by Gasteiger charge is 2.17. The number of ether oxygens (including phenoxy) is 2. The maximum Gasteiger partial charge on any atom is 0.262 e. The lowest BCUT2D eigenvalue weighted by molar-refractivity contribution is -0.118. The van der Waals surface area contributed by atoms with Crippen LogP contribution in [0.2, 0.25) is 0 Å². The zero-order valence-electron chi connectivity index (χ0n) is 17.7. The molecule has 2 rings (SSSR count). The summed E-state index contributed by atoms with van der Waals surface area (Å²) in [5.41, 5.74) is 2.13. The maximum absolute atomic E-state index is 12.1. The van der Waals surface area contributed by atoms with Gasteiger partial charge in [-0.05, 0) is 66.1 Å². The summed E-state index contributed by atoms with van der Waals surface area (Å²) in [6, 6.07) is 15.4. The summed E-state index contributed by atoms with van der Waals surface area (Å²) in [6.45, 7) is 11.6. The van der Waals surface area contributed by atoms with Gasteiger partial charge in [0.25, 0.3) is 5.91 Å². The highest BCUT2D eigenvalue weighted by Crippen LogP contribution is 2.28. The minimum absolute atomic E-state index is 0.0246. The molecule has 0 radical (unpaired) electrons. The zero-order valence-corrected chi connectivity index (χ0v) is 17.7. The van der Waals surface area contributed by atoms with Gasteiger partial charge in [-0.1, -0.05) is 46.8 Å². The van der Waals surface area contributed by atoms with Crippen LogP contribution >= 0.6 is 0 Å². The SMILES string of the molecule is CCC(C)(C)c1ccc(OCC(=O)Nc2ccc(OCCC(C)C)cc2)cc1. The number of anilines is 1. The van der Waals surface area contributed by atoms with Crippen molar-refractivity contribution in [2.75, 3.05) is 18.5 Å². The maximum atomic E-state index is 12.1. The Labute approximate surface area is 169 Å². The Kier molecular flexibility index (Phi) is 7.91. The topological polar surface area (TPSA) is 47.6 Å². The second kappa shape index (κ2) is 10.2. The predicted octanol–water partition coefficient (Wildman–Crippen LogP) is 5.82. The number of amides is 1. The van der Waals surface area contributed by atoms with E-state index in [-0.39, 0.29) is 17.9 Å². The van der Waals surface area contributed by atoms with Crippen LogP contribution in [0.1, 0.15) is 53.0 Å². The van der Waals surface area contributed by atoms with E-state index in [4.69, 9.17) is 9.47 Å². The highest BCUT2D eigenvalue weighted by atomic mass is 16.5. The van der Waals surface area contributed by atoms with Gasteiger partial charge >= 0.3 is 0 Å². The lowest BCUT2D eigenvalue weighted by Crippen LogP contribution is -2.20. The molecule has 0 saturated heterocycles. The van der Waals surface area contributed by atoms with Crippen molar-refractivity contribution in [3.63, 3.8) is 0 Å². The second-order valence-corrected chi connectivity index (χ2v) is 8.15. The largest absolute Gasteiger partial charge is 0.494 e. The first-order valence-corrected chi connectivity index (χ1v) is 10.1. The molecule has 2 aromatic rings. The summed E-state index contributed by atoms with van der Waals surface area (Å²) in [7, 11) is 0. The van der Waals surface area contributed by atoms with Gasteiger partial charge in [0.05, 0.1) is 6.61 Å². The van der Waals surface area contributed by atoms with Crippen molar-refractivity contribution in [1.82, 2.24) is 0 Å². The Balaban J connectivity index is 1.79. The molecule has 0 heterocycles. The Morgan fingerprint density at radius 1 is 0.964 bits per heavy atom. The normalized spacial score (nSPS) is 11.4. The van der Waals surface area contributed by atoms with E-state index in [0.29, 0.717) is 18.3 Å². The summed E-state index contributed by atoms with van der Waals surface area (Å²) in [5, 5.41) is 2.84. The van der Waals surface area contributed by atoms with E-state index >= 15 is 0 Å². The summed E-state index contributed by atoms with van der Waals surface area (Å²) in [6.07, 6.45) is 2.09. The fourth-order valence-corrected chi connectivity index (χ4v) is 2.60. The van der Waals surface area contributed by atoms with Crippen LogP contribution in [0.5, 0.6) is 11.5 Å². The Morgan fingerprint density at radius 3 is 2.11 bits per heavy atom. The van der Waals surface area contributed by atoms with Crippen LogP contribution in [0.4, 0.5) is 5.69 Å². The summed E-state index contributed by atoms with van der Waals surface area (Å²) in [5.74, 6) is 1.93. The molecule has 0 bridgehead atoms. The quantitative estimate of drug-likeness (QED) is 0.562. The van der Waals surface area contributed by atoms with Crippen molar-refractivity contribution in [1.29, 1.82) is 0 Å². The number of benzene rings is 2. The Morgan fingerprint density at radius 2 is 1.54 bits per heavy atom. The number of nitrogens with one attached hydrogen (secondary N) is 1. The molecule has 0 unspecified atom stereocenters. The number of hydrogen-bond acceptors (Lipinski definition) is 3. The van der Waals surface area contributed by atoms with E-state index in [1.165, 1.54) is 5.56 Å². The molecular weight excluding hydrogens is 350 g/mol. The third-order valence-electron chi connectivity index (χ3n) is 4.99. The molecule has 152 valence electrons. The Bertz CT molecular complexity index is 733. The van der Waals surface area contributed by atoms with Crippen molar-refractivity contribution >= 4 is 11.6 Å².